The van der Waals surface area contributed by atoms with Crippen LogP contribution in [0.5, 0.6) is 5.75 Å². The topological polar surface area (TPSA) is 50.8 Å². The first-order chi connectivity index (χ1) is 8.85. The molecule has 1 heterocycles. The molecular weight excluding hydrogens is 246 g/mol. The fourth-order valence-electron chi connectivity index (χ4n) is 1.67. The van der Waals surface area contributed by atoms with Gasteiger partial charge in [0.15, 0.2) is 5.16 Å². The van der Waals surface area contributed by atoms with Crippen molar-refractivity contribution in [2.45, 2.75) is 11.7 Å². The van der Waals surface area contributed by atoms with Crippen LogP contribution in [0.15, 0.2) is 41.8 Å². The Balaban J connectivity index is 2.18. The first kappa shape index (κ1) is 12.5. The summed E-state index contributed by atoms with van der Waals surface area (Å²) in [6, 6.07) is 10.00. The van der Waals surface area contributed by atoms with E-state index >= 15 is 0 Å². The SMILES string of the molecule is COc1ccccc1Cn1ccnc1SCC#N. The summed E-state index contributed by atoms with van der Waals surface area (Å²) in [6.45, 7) is 0.692. The second-order valence-corrected chi connectivity index (χ2v) is 4.54. The number of para-hydroxylation sites is 1. The van der Waals surface area contributed by atoms with Crippen LogP contribution < -0.4 is 4.74 Å². The van der Waals surface area contributed by atoms with Gasteiger partial charge in [0, 0.05) is 18.0 Å². The van der Waals surface area contributed by atoms with Crippen LogP contribution in [0, 0.1) is 11.3 Å². The summed E-state index contributed by atoms with van der Waals surface area (Å²) in [7, 11) is 1.66. The van der Waals surface area contributed by atoms with Gasteiger partial charge in [-0.2, -0.15) is 5.26 Å². The molecule has 0 aliphatic heterocycles. The van der Waals surface area contributed by atoms with Gasteiger partial charge in [0.05, 0.1) is 25.5 Å². The second kappa shape index (κ2) is 6.12. The molecule has 2 rings (SSSR count). The van der Waals surface area contributed by atoms with Gasteiger partial charge in [-0.1, -0.05) is 30.0 Å². The number of rotatable bonds is 5. The Morgan fingerprint density at radius 3 is 3.06 bits per heavy atom. The number of benzene rings is 1. The molecule has 1 aromatic carbocycles. The zero-order valence-electron chi connectivity index (χ0n) is 10.0. The minimum Gasteiger partial charge on any atom is -0.496 e. The van der Waals surface area contributed by atoms with Crippen LogP contribution in [0.2, 0.25) is 0 Å². The normalized spacial score (nSPS) is 10.0. The summed E-state index contributed by atoms with van der Waals surface area (Å²) >= 11 is 1.44. The van der Waals surface area contributed by atoms with E-state index in [4.69, 9.17) is 10.00 Å². The molecule has 18 heavy (non-hydrogen) atoms. The zero-order valence-corrected chi connectivity index (χ0v) is 10.9. The quantitative estimate of drug-likeness (QED) is 0.774. The van der Waals surface area contributed by atoms with Crippen molar-refractivity contribution in [1.82, 2.24) is 9.55 Å². The largest absolute Gasteiger partial charge is 0.496 e. The second-order valence-electron chi connectivity index (χ2n) is 3.60. The molecule has 0 aliphatic rings. The van der Waals surface area contributed by atoms with Crippen LogP contribution in [0.1, 0.15) is 5.56 Å². The third-order valence-electron chi connectivity index (χ3n) is 2.48. The summed E-state index contributed by atoms with van der Waals surface area (Å²) in [4.78, 5) is 4.24. The first-order valence-electron chi connectivity index (χ1n) is 5.48. The van der Waals surface area contributed by atoms with Crippen molar-refractivity contribution >= 4 is 11.8 Å². The lowest BCUT2D eigenvalue weighted by atomic mass is 10.2. The van der Waals surface area contributed by atoms with Crippen molar-refractivity contribution < 1.29 is 4.74 Å². The van der Waals surface area contributed by atoms with Crippen LogP contribution in [-0.4, -0.2) is 22.4 Å². The molecule has 0 atom stereocenters. The van der Waals surface area contributed by atoms with E-state index in [0.29, 0.717) is 12.3 Å². The summed E-state index contributed by atoms with van der Waals surface area (Å²) in [6.07, 6.45) is 3.65. The molecule has 0 saturated carbocycles. The van der Waals surface area contributed by atoms with E-state index in [2.05, 4.69) is 11.1 Å². The lowest BCUT2D eigenvalue weighted by Crippen LogP contribution is -2.02. The fraction of sp³-hybridized carbons (Fsp3) is 0.231. The molecule has 0 aliphatic carbocycles. The number of imidazole rings is 1. The third-order valence-corrected chi connectivity index (χ3v) is 3.35. The van der Waals surface area contributed by atoms with Gasteiger partial charge in [-0.3, -0.25) is 0 Å². The molecular formula is C13H13N3OS. The predicted molar refractivity (Wildman–Crippen MR) is 70.7 cm³/mol. The van der Waals surface area contributed by atoms with E-state index < -0.39 is 0 Å². The van der Waals surface area contributed by atoms with E-state index in [-0.39, 0.29) is 0 Å². The maximum absolute atomic E-state index is 8.60. The summed E-state index contributed by atoms with van der Waals surface area (Å²) < 4.78 is 7.34. The van der Waals surface area contributed by atoms with Crippen LogP contribution in [-0.2, 0) is 6.54 Å². The van der Waals surface area contributed by atoms with Crippen LogP contribution >= 0.6 is 11.8 Å². The number of methoxy groups -OCH3 is 1. The highest BCUT2D eigenvalue weighted by Gasteiger charge is 2.07. The van der Waals surface area contributed by atoms with E-state index in [1.54, 1.807) is 13.3 Å². The van der Waals surface area contributed by atoms with Crippen molar-refractivity contribution in [3.63, 3.8) is 0 Å². The molecule has 92 valence electrons. The molecule has 4 nitrogen and oxygen atoms in total. The average Bonchev–Trinajstić information content (AvgIpc) is 2.84. The van der Waals surface area contributed by atoms with Crippen LogP contribution in [0.4, 0.5) is 0 Å². The van der Waals surface area contributed by atoms with Gasteiger partial charge in [0.25, 0.3) is 0 Å². The number of nitriles is 1. The smallest absolute Gasteiger partial charge is 0.169 e. The standard InChI is InChI=1S/C13H13N3OS/c1-17-12-5-3-2-4-11(12)10-16-8-7-15-13(16)18-9-6-14/h2-5,7-8H,9-10H2,1H3. The van der Waals surface area contributed by atoms with Gasteiger partial charge >= 0.3 is 0 Å². The van der Waals surface area contributed by atoms with Crippen molar-refractivity contribution in [3.8, 4) is 11.8 Å². The minimum absolute atomic E-state index is 0.406. The summed E-state index contributed by atoms with van der Waals surface area (Å²) in [5.41, 5.74) is 1.09. The Labute approximate surface area is 110 Å². The molecule has 0 bridgehead atoms. The van der Waals surface area contributed by atoms with E-state index in [0.717, 1.165) is 16.5 Å². The Bertz CT molecular complexity index is 559. The molecule has 0 unspecified atom stereocenters. The highest BCUT2D eigenvalue weighted by atomic mass is 32.2. The zero-order chi connectivity index (χ0) is 12.8. The summed E-state index contributed by atoms with van der Waals surface area (Å²) in [5, 5.41) is 9.45. The van der Waals surface area contributed by atoms with Crippen LogP contribution in [0.3, 0.4) is 0 Å². The van der Waals surface area contributed by atoms with Gasteiger partial charge < -0.3 is 9.30 Å². The maximum Gasteiger partial charge on any atom is 0.169 e. The highest BCUT2D eigenvalue weighted by Crippen LogP contribution is 2.21. The first-order valence-corrected chi connectivity index (χ1v) is 6.46. The van der Waals surface area contributed by atoms with Crippen LogP contribution in [0.25, 0.3) is 0 Å². The molecule has 0 radical (unpaired) electrons. The minimum atomic E-state index is 0.406. The maximum atomic E-state index is 8.60. The molecule has 1 aromatic heterocycles. The van der Waals surface area contributed by atoms with Gasteiger partial charge in [0.1, 0.15) is 5.75 Å². The Morgan fingerprint density at radius 1 is 1.44 bits per heavy atom. The fourth-order valence-corrected chi connectivity index (χ4v) is 2.29. The average molecular weight is 259 g/mol. The molecule has 0 spiro atoms. The molecule has 0 N–H and O–H groups in total. The lowest BCUT2D eigenvalue weighted by molar-refractivity contribution is 0.407. The lowest BCUT2D eigenvalue weighted by Gasteiger charge is -2.10. The molecule has 5 heteroatoms. The molecule has 0 saturated heterocycles. The van der Waals surface area contributed by atoms with E-state index in [1.165, 1.54) is 11.8 Å². The van der Waals surface area contributed by atoms with Crippen molar-refractivity contribution in [2.24, 2.45) is 0 Å². The number of hydrogen-bond acceptors (Lipinski definition) is 4. The number of hydrogen-bond donors (Lipinski definition) is 0. The molecule has 2 aromatic rings. The number of aromatic nitrogens is 2. The predicted octanol–water partition coefficient (Wildman–Crippen LogP) is 2.56. The molecule has 0 fully saturated rings. The van der Waals surface area contributed by atoms with Gasteiger partial charge in [0.2, 0.25) is 0 Å². The Morgan fingerprint density at radius 2 is 2.28 bits per heavy atom. The van der Waals surface area contributed by atoms with Gasteiger partial charge in [-0.15, -0.1) is 0 Å². The van der Waals surface area contributed by atoms with E-state index in [1.807, 2.05) is 35.0 Å². The van der Waals surface area contributed by atoms with Gasteiger partial charge in [-0.05, 0) is 6.07 Å². The van der Waals surface area contributed by atoms with Crippen molar-refractivity contribution in [2.75, 3.05) is 12.9 Å². The number of thioether (sulfide) groups is 1. The van der Waals surface area contributed by atoms with Gasteiger partial charge in [-0.25, -0.2) is 4.98 Å². The van der Waals surface area contributed by atoms with Crippen molar-refractivity contribution in [1.29, 1.82) is 5.26 Å². The highest BCUT2D eigenvalue weighted by molar-refractivity contribution is 7.99. The monoisotopic (exact) mass is 259 g/mol. The third kappa shape index (κ3) is 2.84. The van der Waals surface area contributed by atoms with E-state index in [9.17, 15) is 0 Å². The summed E-state index contributed by atoms with van der Waals surface area (Å²) in [5.74, 6) is 1.27. The Kier molecular flexibility index (Phi) is 4.26. The van der Waals surface area contributed by atoms with Crippen molar-refractivity contribution in [3.05, 3.63) is 42.2 Å². The number of nitrogens with zero attached hydrogens (tertiary/aromatic N) is 3. The Hall–Kier alpha value is -1.93. The number of ether oxygens (including phenoxy) is 1. The molecule has 0 amide bonds.